The van der Waals surface area contributed by atoms with Gasteiger partial charge in [0.25, 0.3) is 5.91 Å². The number of nitrogens with one attached hydrogen (secondary N) is 1. The Morgan fingerprint density at radius 1 is 1.14 bits per heavy atom. The second kappa shape index (κ2) is 5.46. The van der Waals surface area contributed by atoms with Crippen molar-refractivity contribution in [1.82, 2.24) is 15.0 Å². The van der Waals surface area contributed by atoms with Crippen molar-refractivity contribution in [2.24, 2.45) is 0 Å². The molecule has 0 atom stereocenters. The molecular formula is C15H11ClN4O. The van der Waals surface area contributed by atoms with Gasteiger partial charge in [0.15, 0.2) is 0 Å². The Balaban J connectivity index is 1.87. The molecule has 2 aromatic heterocycles. The van der Waals surface area contributed by atoms with E-state index in [0.29, 0.717) is 16.4 Å². The Hall–Kier alpha value is -2.53. The molecule has 21 heavy (non-hydrogen) atoms. The normalized spacial score (nSPS) is 10.6. The maximum Gasteiger partial charge on any atom is 0.275 e. The van der Waals surface area contributed by atoms with Gasteiger partial charge in [-0.3, -0.25) is 9.78 Å². The van der Waals surface area contributed by atoms with E-state index < -0.39 is 0 Å². The van der Waals surface area contributed by atoms with Gasteiger partial charge in [-0.05, 0) is 30.7 Å². The summed E-state index contributed by atoms with van der Waals surface area (Å²) in [6.07, 6.45) is 2.95. The number of carbonyl (C=O) groups excluding carboxylic acids is 1. The van der Waals surface area contributed by atoms with Crippen LogP contribution in [-0.2, 0) is 0 Å². The number of aryl methyl sites for hydroxylation is 1. The summed E-state index contributed by atoms with van der Waals surface area (Å²) in [4.78, 5) is 24.7. The highest BCUT2D eigenvalue weighted by molar-refractivity contribution is 6.30. The van der Waals surface area contributed by atoms with Crippen LogP contribution in [0, 0.1) is 6.92 Å². The summed E-state index contributed by atoms with van der Waals surface area (Å²) in [5.74, 6) is -0.336. The minimum absolute atomic E-state index is 0.251. The van der Waals surface area contributed by atoms with Crippen LogP contribution in [0.1, 0.15) is 16.1 Å². The van der Waals surface area contributed by atoms with Crippen molar-refractivity contribution < 1.29 is 4.79 Å². The first-order valence-corrected chi connectivity index (χ1v) is 6.66. The van der Waals surface area contributed by atoms with Gasteiger partial charge in [0, 0.05) is 0 Å². The van der Waals surface area contributed by atoms with E-state index in [2.05, 4.69) is 20.3 Å². The van der Waals surface area contributed by atoms with Gasteiger partial charge in [0.05, 0.1) is 29.1 Å². The minimum atomic E-state index is -0.336. The van der Waals surface area contributed by atoms with Crippen LogP contribution in [0.15, 0.2) is 42.7 Å². The number of halogens is 1. The molecule has 0 aliphatic carbocycles. The number of benzene rings is 1. The third kappa shape index (κ3) is 2.83. The fraction of sp³-hybridized carbons (Fsp3) is 0.0667. The minimum Gasteiger partial charge on any atom is -0.319 e. The molecule has 0 bridgehead atoms. The molecule has 0 saturated heterocycles. The highest BCUT2D eigenvalue weighted by atomic mass is 35.5. The van der Waals surface area contributed by atoms with Gasteiger partial charge in [-0.15, -0.1) is 0 Å². The molecule has 0 fully saturated rings. The predicted molar refractivity (Wildman–Crippen MR) is 81.5 cm³/mol. The predicted octanol–water partition coefficient (Wildman–Crippen LogP) is 3.24. The lowest BCUT2D eigenvalue weighted by molar-refractivity contribution is 0.102. The molecule has 0 saturated carbocycles. The van der Waals surface area contributed by atoms with E-state index in [1.807, 2.05) is 31.2 Å². The molecule has 0 aliphatic heterocycles. The van der Waals surface area contributed by atoms with Gasteiger partial charge >= 0.3 is 0 Å². The summed E-state index contributed by atoms with van der Waals surface area (Å²) in [5.41, 5.74) is 3.03. The summed E-state index contributed by atoms with van der Waals surface area (Å²) >= 11 is 5.85. The second-order valence-corrected chi connectivity index (χ2v) is 4.89. The van der Waals surface area contributed by atoms with E-state index in [1.54, 1.807) is 6.07 Å². The first-order valence-electron chi connectivity index (χ1n) is 6.29. The zero-order valence-corrected chi connectivity index (χ0v) is 11.9. The number of aromatic nitrogens is 3. The van der Waals surface area contributed by atoms with Crippen LogP contribution in [0.3, 0.4) is 0 Å². The number of carbonyl (C=O) groups is 1. The van der Waals surface area contributed by atoms with E-state index in [0.717, 1.165) is 11.1 Å². The van der Waals surface area contributed by atoms with Crippen LogP contribution in [-0.4, -0.2) is 20.9 Å². The van der Waals surface area contributed by atoms with Crippen molar-refractivity contribution in [3.05, 3.63) is 59.1 Å². The monoisotopic (exact) mass is 298 g/mol. The molecule has 6 heteroatoms. The third-order valence-electron chi connectivity index (χ3n) is 2.95. The molecule has 3 rings (SSSR count). The number of pyridine rings is 1. The number of anilines is 1. The van der Waals surface area contributed by atoms with Gasteiger partial charge in [0.2, 0.25) is 0 Å². The molecule has 1 N–H and O–H groups in total. The zero-order valence-electron chi connectivity index (χ0n) is 11.2. The Labute approximate surface area is 126 Å². The van der Waals surface area contributed by atoms with Gasteiger partial charge in [-0.2, -0.15) is 0 Å². The number of amides is 1. The third-order valence-corrected chi connectivity index (χ3v) is 3.35. The Kier molecular flexibility index (Phi) is 3.50. The molecule has 0 radical (unpaired) electrons. The van der Waals surface area contributed by atoms with E-state index >= 15 is 0 Å². The van der Waals surface area contributed by atoms with E-state index in [-0.39, 0.29) is 11.6 Å². The standard InChI is InChI=1S/C15H11ClN4O/c1-9-6-10(7-18-14(9)16)19-15(21)13-8-17-11-4-2-3-5-12(11)20-13/h2-8H,1H3,(H,19,21). The van der Waals surface area contributed by atoms with Crippen molar-refractivity contribution in [3.63, 3.8) is 0 Å². The van der Waals surface area contributed by atoms with Crippen molar-refractivity contribution in [2.45, 2.75) is 6.92 Å². The average Bonchev–Trinajstić information content (AvgIpc) is 2.50. The lowest BCUT2D eigenvalue weighted by Crippen LogP contribution is -2.14. The largest absolute Gasteiger partial charge is 0.319 e. The lowest BCUT2D eigenvalue weighted by Gasteiger charge is -2.06. The Morgan fingerprint density at radius 2 is 1.90 bits per heavy atom. The van der Waals surface area contributed by atoms with Crippen molar-refractivity contribution in [3.8, 4) is 0 Å². The second-order valence-electron chi connectivity index (χ2n) is 4.53. The number of rotatable bonds is 2. The van der Waals surface area contributed by atoms with Crippen molar-refractivity contribution in [1.29, 1.82) is 0 Å². The van der Waals surface area contributed by atoms with Crippen LogP contribution < -0.4 is 5.32 Å². The molecular weight excluding hydrogens is 288 g/mol. The fourth-order valence-electron chi connectivity index (χ4n) is 1.89. The highest BCUT2D eigenvalue weighted by Crippen LogP contribution is 2.17. The first kappa shape index (κ1) is 13.5. The smallest absolute Gasteiger partial charge is 0.275 e. The van der Waals surface area contributed by atoms with E-state index in [4.69, 9.17) is 11.6 Å². The SMILES string of the molecule is Cc1cc(NC(=O)c2cnc3ccccc3n2)cnc1Cl. The van der Waals surface area contributed by atoms with Crippen LogP contribution in [0.2, 0.25) is 5.15 Å². The van der Waals surface area contributed by atoms with Gasteiger partial charge < -0.3 is 5.32 Å². The number of hydrogen-bond donors (Lipinski definition) is 1. The first-order chi connectivity index (χ1) is 10.1. The Bertz CT molecular complexity index is 835. The van der Waals surface area contributed by atoms with Gasteiger partial charge in [-0.1, -0.05) is 23.7 Å². The van der Waals surface area contributed by atoms with Crippen LogP contribution in [0.25, 0.3) is 11.0 Å². The maximum absolute atomic E-state index is 12.2. The maximum atomic E-state index is 12.2. The molecule has 1 amide bonds. The van der Waals surface area contributed by atoms with Crippen LogP contribution >= 0.6 is 11.6 Å². The van der Waals surface area contributed by atoms with E-state index in [1.165, 1.54) is 12.4 Å². The fourth-order valence-corrected chi connectivity index (χ4v) is 1.99. The summed E-state index contributed by atoms with van der Waals surface area (Å²) in [5, 5.41) is 3.14. The molecule has 0 aliphatic rings. The molecule has 1 aromatic carbocycles. The van der Waals surface area contributed by atoms with Crippen molar-refractivity contribution in [2.75, 3.05) is 5.32 Å². The summed E-state index contributed by atoms with van der Waals surface area (Å²) < 4.78 is 0. The quantitative estimate of drug-likeness (QED) is 0.738. The summed E-state index contributed by atoms with van der Waals surface area (Å²) in [6.45, 7) is 1.82. The summed E-state index contributed by atoms with van der Waals surface area (Å²) in [7, 11) is 0. The van der Waals surface area contributed by atoms with Crippen LogP contribution in [0.5, 0.6) is 0 Å². The number of para-hydroxylation sites is 2. The number of hydrogen-bond acceptors (Lipinski definition) is 4. The topological polar surface area (TPSA) is 67.8 Å². The number of fused-ring (bicyclic) bond motifs is 1. The summed E-state index contributed by atoms with van der Waals surface area (Å²) in [6, 6.07) is 9.13. The highest BCUT2D eigenvalue weighted by Gasteiger charge is 2.10. The molecule has 3 aromatic rings. The Morgan fingerprint density at radius 3 is 2.67 bits per heavy atom. The zero-order chi connectivity index (χ0) is 14.8. The molecule has 2 heterocycles. The van der Waals surface area contributed by atoms with Gasteiger partial charge in [-0.25, -0.2) is 9.97 Å². The number of nitrogens with zero attached hydrogens (tertiary/aromatic N) is 3. The van der Waals surface area contributed by atoms with E-state index in [9.17, 15) is 4.79 Å². The van der Waals surface area contributed by atoms with Crippen LogP contribution in [0.4, 0.5) is 5.69 Å². The molecule has 5 nitrogen and oxygen atoms in total. The lowest BCUT2D eigenvalue weighted by atomic mass is 10.2. The van der Waals surface area contributed by atoms with Gasteiger partial charge in [0.1, 0.15) is 10.8 Å². The average molecular weight is 299 g/mol. The molecule has 104 valence electrons. The molecule has 0 unspecified atom stereocenters. The van der Waals surface area contributed by atoms with Crippen molar-refractivity contribution >= 4 is 34.2 Å². The molecule has 0 spiro atoms.